The van der Waals surface area contributed by atoms with E-state index >= 15 is 0 Å². The molecule has 2 fully saturated rings. The van der Waals surface area contributed by atoms with Crippen molar-refractivity contribution < 1.29 is 13.2 Å². The van der Waals surface area contributed by atoms with Crippen LogP contribution in [0.4, 0.5) is 11.5 Å². The molecule has 2 aliphatic heterocycles. The molecule has 0 bridgehead atoms. The summed E-state index contributed by atoms with van der Waals surface area (Å²) in [7, 11) is -3.60. The van der Waals surface area contributed by atoms with Crippen LogP contribution < -0.4 is 15.4 Å². The van der Waals surface area contributed by atoms with Crippen molar-refractivity contribution in [2.45, 2.75) is 38.3 Å². The summed E-state index contributed by atoms with van der Waals surface area (Å²) in [5.74, 6) is 0.200. The minimum Gasteiger partial charge on any atom is -0.353 e. The number of hydrogen-bond donors (Lipinski definition) is 2. The highest BCUT2D eigenvalue weighted by Crippen LogP contribution is 2.34. The van der Waals surface area contributed by atoms with Gasteiger partial charge in [-0.05, 0) is 44.4 Å². The second-order valence-corrected chi connectivity index (χ2v) is 12.2. The number of aryl methyl sites for hydroxylation is 1. The van der Waals surface area contributed by atoms with Gasteiger partial charge in [0.15, 0.2) is 5.65 Å². The number of anilines is 2. The molecule has 1 amide bonds. The Morgan fingerprint density at radius 3 is 2.76 bits per heavy atom. The van der Waals surface area contributed by atoms with Gasteiger partial charge in [-0.15, -0.1) is 0 Å². The van der Waals surface area contributed by atoms with E-state index in [-0.39, 0.29) is 35.2 Å². The zero-order chi connectivity index (χ0) is 27.2. The minimum atomic E-state index is -3.60. The number of nitrogens with zero attached hydrogens (tertiary/aromatic N) is 6. The predicted molar refractivity (Wildman–Crippen MR) is 145 cm³/mol. The van der Waals surface area contributed by atoms with Gasteiger partial charge in [-0.25, -0.2) is 17.9 Å². The van der Waals surface area contributed by atoms with Crippen molar-refractivity contribution in [1.29, 1.82) is 5.26 Å². The van der Waals surface area contributed by atoms with E-state index in [0.29, 0.717) is 42.4 Å². The average molecular weight is 557 g/mol. The monoisotopic (exact) mass is 556 g/mol. The van der Waals surface area contributed by atoms with Crippen LogP contribution in [0.25, 0.3) is 5.65 Å². The van der Waals surface area contributed by atoms with Crippen LogP contribution in [0.5, 0.6) is 0 Å². The molecule has 0 radical (unpaired) electrons. The molecule has 0 spiro atoms. The fourth-order valence-corrected chi connectivity index (χ4v) is 6.01. The Labute approximate surface area is 226 Å². The zero-order valence-electron chi connectivity index (χ0n) is 21.1. The molecule has 2 aliphatic rings. The van der Waals surface area contributed by atoms with Crippen molar-refractivity contribution >= 4 is 44.7 Å². The fraction of sp³-hybridized carbons (Fsp3) is 0.440. The Morgan fingerprint density at radius 2 is 2.05 bits per heavy atom. The van der Waals surface area contributed by atoms with Gasteiger partial charge in [0.1, 0.15) is 5.82 Å². The first-order valence-electron chi connectivity index (χ1n) is 12.4. The molecule has 0 unspecified atom stereocenters. The third-order valence-corrected chi connectivity index (χ3v) is 7.89. The third kappa shape index (κ3) is 5.14. The van der Waals surface area contributed by atoms with Gasteiger partial charge in [-0.1, -0.05) is 11.6 Å². The highest BCUT2D eigenvalue weighted by Gasteiger charge is 2.34. The number of nitrogens with one attached hydrogen (secondary N) is 1. The van der Waals surface area contributed by atoms with Gasteiger partial charge in [0.2, 0.25) is 10.0 Å². The Morgan fingerprint density at radius 1 is 1.26 bits per heavy atom. The smallest absolute Gasteiger partial charge is 0.256 e. The number of nitrogens with two attached hydrogens (primary N) is 1. The summed E-state index contributed by atoms with van der Waals surface area (Å²) < 4.78 is 28.0. The van der Waals surface area contributed by atoms with Crippen LogP contribution in [0, 0.1) is 24.2 Å². The van der Waals surface area contributed by atoms with Gasteiger partial charge < -0.3 is 15.5 Å². The van der Waals surface area contributed by atoms with E-state index in [9.17, 15) is 18.5 Å². The largest absolute Gasteiger partial charge is 0.353 e. The number of piperidine rings is 1. The van der Waals surface area contributed by atoms with Gasteiger partial charge >= 0.3 is 0 Å². The van der Waals surface area contributed by atoms with Gasteiger partial charge in [-0.3, -0.25) is 9.52 Å². The molecule has 2 saturated heterocycles. The third-order valence-electron chi connectivity index (χ3n) is 7.07. The lowest BCUT2D eigenvalue weighted by atomic mass is 9.98. The van der Waals surface area contributed by atoms with E-state index in [0.717, 1.165) is 30.5 Å². The van der Waals surface area contributed by atoms with E-state index in [1.165, 1.54) is 12.1 Å². The normalized spacial score (nSPS) is 22.0. The molecule has 38 heavy (non-hydrogen) atoms. The second kappa shape index (κ2) is 10.1. The minimum absolute atomic E-state index is 0.183. The number of sulfonamides is 1. The topological polar surface area (TPSA) is 150 Å². The van der Waals surface area contributed by atoms with Crippen LogP contribution in [-0.4, -0.2) is 65.8 Å². The van der Waals surface area contributed by atoms with E-state index in [1.807, 2.05) is 24.1 Å². The number of nitriles is 1. The van der Waals surface area contributed by atoms with Crippen LogP contribution in [0.3, 0.4) is 0 Å². The molecule has 3 aromatic rings. The number of likely N-dealkylation sites (tertiary alicyclic amines) is 1. The lowest BCUT2D eigenvalue weighted by Gasteiger charge is -2.35. The number of halogens is 1. The molecular weight excluding hydrogens is 528 g/mol. The van der Waals surface area contributed by atoms with Crippen molar-refractivity contribution in [3.63, 3.8) is 0 Å². The van der Waals surface area contributed by atoms with Crippen LogP contribution in [-0.2, 0) is 10.0 Å². The standard InChI is InChI=1S/C25H29ClN8O3S/c1-15-12-34-23(29-24(15)32-13-16(11-27)19(28)14-32)10-21(30-34)22-5-3-4-8-33(22)25(35)18-9-17(26)6-7-20(18)31-38(2,36)37/h6-7,9-10,12,16,19,22,31H,3-5,8,13-14,28H2,1-2H3/t16-,19-,22+/m1/s1. The van der Waals surface area contributed by atoms with Gasteiger partial charge in [0, 0.05) is 48.5 Å². The van der Waals surface area contributed by atoms with E-state index in [2.05, 4.69) is 10.8 Å². The van der Waals surface area contributed by atoms with Crippen molar-refractivity contribution in [1.82, 2.24) is 19.5 Å². The van der Waals surface area contributed by atoms with E-state index in [4.69, 9.17) is 27.4 Å². The molecule has 0 aliphatic carbocycles. The van der Waals surface area contributed by atoms with Crippen molar-refractivity contribution in [2.75, 3.05) is 35.5 Å². The zero-order valence-corrected chi connectivity index (χ0v) is 22.7. The summed E-state index contributed by atoms with van der Waals surface area (Å²) >= 11 is 6.19. The maximum Gasteiger partial charge on any atom is 0.256 e. The summed E-state index contributed by atoms with van der Waals surface area (Å²) in [6.07, 6.45) is 5.39. The predicted octanol–water partition coefficient (Wildman–Crippen LogP) is 2.72. The molecule has 200 valence electrons. The first-order valence-corrected chi connectivity index (χ1v) is 14.7. The Bertz CT molecular complexity index is 1550. The lowest BCUT2D eigenvalue weighted by Crippen LogP contribution is -2.39. The molecule has 13 heteroatoms. The molecule has 5 rings (SSSR count). The number of carbonyl (C=O) groups excluding carboxylic acids is 1. The fourth-order valence-electron chi connectivity index (χ4n) is 5.26. The summed E-state index contributed by atoms with van der Waals surface area (Å²) in [6.45, 7) is 3.52. The van der Waals surface area contributed by atoms with Crippen molar-refractivity contribution in [3.8, 4) is 6.07 Å². The highest BCUT2D eigenvalue weighted by molar-refractivity contribution is 7.92. The van der Waals surface area contributed by atoms with Gasteiger partial charge in [-0.2, -0.15) is 10.4 Å². The molecular formula is C25H29ClN8O3S. The molecule has 3 N–H and O–H groups in total. The molecule has 0 saturated carbocycles. The van der Waals surface area contributed by atoms with Crippen LogP contribution in [0.2, 0.25) is 5.02 Å². The summed E-state index contributed by atoms with van der Waals surface area (Å²) in [5, 5.41) is 14.5. The number of amides is 1. The average Bonchev–Trinajstić information content (AvgIpc) is 3.45. The summed E-state index contributed by atoms with van der Waals surface area (Å²) in [4.78, 5) is 22.4. The molecule has 3 atom stereocenters. The number of hydrogen-bond acceptors (Lipinski definition) is 8. The number of fused-ring (bicyclic) bond motifs is 1. The van der Waals surface area contributed by atoms with Crippen molar-refractivity contribution in [2.24, 2.45) is 11.7 Å². The van der Waals surface area contributed by atoms with Crippen LogP contribution >= 0.6 is 11.6 Å². The number of carbonyl (C=O) groups is 1. The molecule has 11 nitrogen and oxygen atoms in total. The van der Waals surface area contributed by atoms with E-state index < -0.39 is 10.0 Å². The SMILES string of the molecule is Cc1cn2nc([C@@H]3CCCCN3C(=O)c3cc(Cl)ccc3NS(C)(=O)=O)cc2nc1N1C[C@@H](N)[C@H](C#N)C1. The summed E-state index contributed by atoms with van der Waals surface area (Å²) in [6, 6.07) is 8.13. The molecule has 1 aromatic carbocycles. The second-order valence-electron chi connectivity index (χ2n) is 10.00. The maximum absolute atomic E-state index is 13.8. The van der Waals surface area contributed by atoms with E-state index in [1.54, 1.807) is 15.5 Å². The van der Waals surface area contributed by atoms with Crippen molar-refractivity contribution in [3.05, 3.63) is 52.3 Å². The highest BCUT2D eigenvalue weighted by atomic mass is 35.5. The quantitative estimate of drug-likeness (QED) is 0.487. The number of aromatic nitrogens is 3. The Kier molecular flexibility index (Phi) is 6.94. The van der Waals surface area contributed by atoms with Gasteiger partial charge in [0.25, 0.3) is 5.91 Å². The number of rotatable bonds is 5. The first kappa shape index (κ1) is 26.2. The summed E-state index contributed by atoms with van der Waals surface area (Å²) in [5.41, 5.74) is 8.75. The van der Waals surface area contributed by atoms with Gasteiger partial charge in [0.05, 0.1) is 41.2 Å². The molecule has 4 heterocycles. The van der Waals surface area contributed by atoms with Crippen LogP contribution in [0.1, 0.15) is 46.9 Å². The Balaban J connectivity index is 1.48. The Hall–Kier alpha value is -3.40. The number of benzene rings is 1. The first-order chi connectivity index (χ1) is 18.0. The maximum atomic E-state index is 13.8. The molecule has 2 aromatic heterocycles. The van der Waals surface area contributed by atoms with Crippen LogP contribution in [0.15, 0.2) is 30.5 Å². The lowest BCUT2D eigenvalue weighted by molar-refractivity contribution is 0.0607.